The Morgan fingerprint density at radius 3 is 2.64 bits per heavy atom. The van der Waals surface area contributed by atoms with Gasteiger partial charge in [-0.1, -0.05) is 36.4 Å². The molecule has 3 heterocycles. The normalized spacial score (nSPS) is 23.2. The molecular weight excluding hydrogens is 501 g/mol. The Balaban J connectivity index is 1.14. The first kappa shape index (κ1) is 25.3. The van der Waals surface area contributed by atoms with E-state index < -0.39 is 18.0 Å². The van der Waals surface area contributed by atoms with Gasteiger partial charge in [-0.05, 0) is 54.3 Å². The third kappa shape index (κ3) is 5.20. The molecule has 202 valence electrons. The number of hydrogen-bond donors (Lipinski definition) is 3. The molecule has 0 unspecified atom stereocenters. The Labute approximate surface area is 225 Å². The number of aliphatic hydroxyl groups is 1. The molecule has 0 saturated carbocycles. The largest absolute Gasteiger partial charge is 0.487 e. The van der Waals surface area contributed by atoms with Crippen molar-refractivity contribution in [1.82, 2.24) is 4.90 Å². The number of fused-ring (bicyclic) bond motifs is 4. The number of amides is 3. The number of aliphatic hydroxyl groups excluding tert-OH is 1. The van der Waals surface area contributed by atoms with Crippen molar-refractivity contribution >= 4 is 23.3 Å². The van der Waals surface area contributed by atoms with Gasteiger partial charge in [0, 0.05) is 30.3 Å². The van der Waals surface area contributed by atoms with Gasteiger partial charge in [-0.2, -0.15) is 0 Å². The molecule has 9 heteroatoms. The highest BCUT2D eigenvalue weighted by Crippen LogP contribution is 2.47. The molecular formula is C30H30FN3O5. The molecule has 3 aromatic carbocycles. The van der Waals surface area contributed by atoms with Crippen LogP contribution in [0.3, 0.4) is 0 Å². The van der Waals surface area contributed by atoms with Crippen molar-refractivity contribution in [1.29, 1.82) is 0 Å². The summed E-state index contributed by atoms with van der Waals surface area (Å²) < 4.78 is 26.2. The number of anilines is 2. The smallest absolute Gasteiger partial charge is 0.323 e. The van der Waals surface area contributed by atoms with Gasteiger partial charge >= 0.3 is 6.03 Å². The van der Waals surface area contributed by atoms with E-state index in [-0.39, 0.29) is 42.7 Å². The maximum Gasteiger partial charge on any atom is 0.323 e. The van der Waals surface area contributed by atoms with Crippen molar-refractivity contribution < 1.29 is 28.6 Å². The second-order valence-corrected chi connectivity index (χ2v) is 10.3. The number of halogens is 1. The van der Waals surface area contributed by atoms with Gasteiger partial charge in [0.25, 0.3) is 0 Å². The first-order chi connectivity index (χ1) is 19.0. The van der Waals surface area contributed by atoms with Gasteiger partial charge in [-0.3, -0.25) is 4.79 Å². The van der Waals surface area contributed by atoms with Crippen LogP contribution in [0.2, 0.25) is 0 Å². The van der Waals surface area contributed by atoms with E-state index in [2.05, 4.69) is 22.8 Å². The summed E-state index contributed by atoms with van der Waals surface area (Å²) in [4.78, 5) is 27.6. The van der Waals surface area contributed by atoms with Gasteiger partial charge in [0.1, 0.15) is 23.8 Å². The van der Waals surface area contributed by atoms with Gasteiger partial charge in [0.2, 0.25) is 5.91 Å². The Hall–Kier alpha value is -3.95. The molecule has 3 N–H and O–H groups in total. The number of carbonyl (C=O) groups is 2. The van der Waals surface area contributed by atoms with Crippen LogP contribution in [0.15, 0.2) is 66.7 Å². The van der Waals surface area contributed by atoms with Crippen molar-refractivity contribution in [3.8, 4) is 5.75 Å². The fraction of sp³-hybridized carbons (Fsp3) is 0.333. The second-order valence-electron chi connectivity index (χ2n) is 10.3. The number of nitrogens with one attached hydrogen (secondary N) is 2. The summed E-state index contributed by atoms with van der Waals surface area (Å²) in [6, 6.07) is 18.9. The molecule has 4 atom stereocenters. The Morgan fingerprint density at radius 2 is 1.82 bits per heavy atom. The van der Waals surface area contributed by atoms with Crippen molar-refractivity contribution in [2.45, 2.75) is 50.0 Å². The predicted molar refractivity (Wildman–Crippen MR) is 143 cm³/mol. The highest BCUT2D eigenvalue weighted by atomic mass is 19.1. The molecule has 0 aromatic heterocycles. The molecule has 3 aliphatic rings. The Bertz CT molecular complexity index is 1400. The zero-order valence-electron chi connectivity index (χ0n) is 21.3. The summed E-state index contributed by atoms with van der Waals surface area (Å²) in [6.45, 7) is 1.04. The van der Waals surface area contributed by atoms with E-state index in [1.165, 1.54) is 23.3 Å². The lowest BCUT2D eigenvalue weighted by Crippen LogP contribution is -2.48. The quantitative estimate of drug-likeness (QED) is 0.452. The Morgan fingerprint density at radius 1 is 1.03 bits per heavy atom. The van der Waals surface area contributed by atoms with Crippen LogP contribution in [0.5, 0.6) is 5.75 Å². The molecule has 3 aromatic rings. The monoisotopic (exact) mass is 531 g/mol. The van der Waals surface area contributed by atoms with Gasteiger partial charge in [-0.25, -0.2) is 9.18 Å². The number of ether oxygens (including phenoxy) is 2. The molecule has 0 radical (unpaired) electrons. The molecule has 39 heavy (non-hydrogen) atoms. The first-order valence-electron chi connectivity index (χ1n) is 13.2. The number of benzene rings is 3. The molecule has 1 saturated heterocycles. The van der Waals surface area contributed by atoms with E-state index in [9.17, 15) is 19.1 Å². The summed E-state index contributed by atoms with van der Waals surface area (Å²) in [7, 11) is 0. The lowest BCUT2D eigenvalue weighted by molar-refractivity contribution is -0.149. The average molecular weight is 532 g/mol. The molecule has 0 spiro atoms. The third-order valence-electron chi connectivity index (χ3n) is 7.76. The van der Waals surface area contributed by atoms with Crippen LogP contribution in [0.1, 0.15) is 35.4 Å². The molecule has 8 nitrogen and oxygen atoms in total. The third-order valence-corrected chi connectivity index (χ3v) is 7.76. The van der Waals surface area contributed by atoms with E-state index in [0.29, 0.717) is 30.9 Å². The molecule has 3 amide bonds. The van der Waals surface area contributed by atoms with E-state index in [0.717, 1.165) is 12.0 Å². The van der Waals surface area contributed by atoms with Gasteiger partial charge in [0.05, 0.1) is 24.8 Å². The standard InChI is InChI=1S/C30H30FN3O5/c31-24-7-3-4-8-25(24)33-30(37)32-20-9-10-26-22(13-20)23-14-21(38-27(17-35)29(23)39-26)15-28(36)34-12-11-18-5-1-2-6-19(18)16-34/h1-10,13,21,23,27,29,35H,11-12,14-17H2,(H2,32,33,37)/t21-,23+,27-,29-/m1/s1. The molecule has 3 aliphatic heterocycles. The Kier molecular flexibility index (Phi) is 6.93. The minimum Gasteiger partial charge on any atom is -0.487 e. The lowest BCUT2D eigenvalue weighted by Gasteiger charge is -2.38. The van der Waals surface area contributed by atoms with Crippen molar-refractivity contribution in [3.05, 3.63) is 89.2 Å². The van der Waals surface area contributed by atoms with Gasteiger partial charge in [0.15, 0.2) is 0 Å². The maximum atomic E-state index is 13.9. The molecule has 0 aliphatic carbocycles. The summed E-state index contributed by atoms with van der Waals surface area (Å²) >= 11 is 0. The summed E-state index contributed by atoms with van der Waals surface area (Å²) in [5, 5.41) is 15.3. The zero-order chi connectivity index (χ0) is 26.9. The maximum absolute atomic E-state index is 13.9. The summed E-state index contributed by atoms with van der Waals surface area (Å²) in [5.41, 5.74) is 3.95. The minimum atomic E-state index is -0.572. The molecule has 1 fully saturated rings. The number of rotatable bonds is 5. The predicted octanol–water partition coefficient (Wildman–Crippen LogP) is 4.44. The van der Waals surface area contributed by atoms with Crippen LogP contribution in [-0.2, 0) is 22.5 Å². The van der Waals surface area contributed by atoms with Crippen LogP contribution >= 0.6 is 0 Å². The topological polar surface area (TPSA) is 100 Å². The zero-order valence-corrected chi connectivity index (χ0v) is 21.3. The van der Waals surface area contributed by atoms with E-state index in [1.807, 2.05) is 23.1 Å². The average Bonchev–Trinajstić information content (AvgIpc) is 3.31. The second kappa shape index (κ2) is 10.7. The number of carbonyl (C=O) groups excluding carboxylic acids is 2. The fourth-order valence-corrected chi connectivity index (χ4v) is 5.85. The van der Waals surface area contributed by atoms with Gasteiger partial charge < -0.3 is 30.1 Å². The lowest BCUT2D eigenvalue weighted by atomic mass is 9.84. The summed E-state index contributed by atoms with van der Waals surface area (Å²) in [6.07, 6.45) is 0.273. The van der Waals surface area contributed by atoms with Crippen LogP contribution < -0.4 is 15.4 Å². The van der Waals surface area contributed by atoms with E-state index in [1.54, 1.807) is 24.3 Å². The highest BCUT2D eigenvalue weighted by molar-refractivity contribution is 6.00. The number of para-hydroxylation sites is 1. The summed E-state index contributed by atoms with van der Waals surface area (Å²) in [5.74, 6) is 0.0577. The van der Waals surface area contributed by atoms with Crippen molar-refractivity contribution in [2.75, 3.05) is 23.8 Å². The minimum absolute atomic E-state index is 0.0315. The fourth-order valence-electron chi connectivity index (χ4n) is 5.85. The SMILES string of the molecule is O=C(Nc1ccc2c(c1)[C@@H]1C[C@H](CC(=O)N3CCc4ccccc4C3)O[C@H](CO)[C@@H]1O2)Nc1ccccc1F. The van der Waals surface area contributed by atoms with E-state index in [4.69, 9.17) is 9.47 Å². The highest BCUT2D eigenvalue weighted by Gasteiger charge is 2.46. The van der Waals surface area contributed by atoms with Gasteiger partial charge in [-0.15, -0.1) is 0 Å². The molecule has 6 rings (SSSR count). The van der Waals surface area contributed by atoms with Crippen molar-refractivity contribution in [3.63, 3.8) is 0 Å². The number of hydrogen-bond acceptors (Lipinski definition) is 5. The first-order valence-corrected chi connectivity index (χ1v) is 13.2. The van der Waals surface area contributed by atoms with Crippen molar-refractivity contribution in [2.24, 2.45) is 0 Å². The van der Waals surface area contributed by atoms with Crippen LogP contribution in [0, 0.1) is 5.82 Å². The number of nitrogens with zero attached hydrogens (tertiary/aromatic N) is 1. The van der Waals surface area contributed by atoms with Crippen LogP contribution in [0.25, 0.3) is 0 Å². The van der Waals surface area contributed by atoms with Crippen LogP contribution in [-0.4, -0.2) is 53.4 Å². The van der Waals surface area contributed by atoms with E-state index >= 15 is 0 Å². The van der Waals surface area contributed by atoms with Crippen LogP contribution in [0.4, 0.5) is 20.6 Å². The number of urea groups is 1. The molecule has 0 bridgehead atoms.